The summed E-state index contributed by atoms with van der Waals surface area (Å²) >= 11 is 0. The van der Waals surface area contributed by atoms with Crippen molar-refractivity contribution in [2.45, 2.75) is 57.6 Å². The first kappa shape index (κ1) is 24.0. The zero-order chi connectivity index (χ0) is 23.3. The number of carbonyl (C=O) groups is 2. The maximum absolute atomic E-state index is 13.2. The van der Waals surface area contributed by atoms with Gasteiger partial charge in [-0.2, -0.15) is 0 Å². The van der Waals surface area contributed by atoms with Crippen LogP contribution in [0.4, 0.5) is 0 Å². The van der Waals surface area contributed by atoms with E-state index < -0.39 is 18.0 Å². The number of hydrogen-bond acceptors (Lipinski definition) is 7. The normalized spacial score (nSPS) is 27.5. The fourth-order valence-corrected chi connectivity index (χ4v) is 3.76. The van der Waals surface area contributed by atoms with E-state index in [2.05, 4.69) is 5.32 Å². The molecule has 1 amide bonds. The van der Waals surface area contributed by atoms with Crippen molar-refractivity contribution < 1.29 is 33.3 Å². The summed E-state index contributed by atoms with van der Waals surface area (Å²) in [5.41, 5.74) is 0.998. The highest BCUT2D eigenvalue weighted by Crippen LogP contribution is 2.33. The first-order chi connectivity index (χ1) is 15.2. The molecule has 0 radical (unpaired) electrons. The second-order valence-electron chi connectivity index (χ2n) is 8.29. The van der Waals surface area contributed by atoms with Crippen molar-refractivity contribution in [1.29, 1.82) is 0 Å². The van der Waals surface area contributed by atoms with Gasteiger partial charge >= 0.3 is 0 Å². The number of ether oxygens (including phenoxy) is 5. The molecule has 1 aromatic rings. The third kappa shape index (κ3) is 5.76. The lowest BCUT2D eigenvalue weighted by Gasteiger charge is -2.18. The quantitative estimate of drug-likeness (QED) is 0.711. The minimum atomic E-state index is -0.853. The molecular formula is C24H31NO7. The molecule has 1 fully saturated rings. The molecule has 3 rings (SSSR count). The highest BCUT2D eigenvalue weighted by atomic mass is 16.8. The highest BCUT2D eigenvalue weighted by Gasteiger charge is 2.43. The predicted octanol–water partition coefficient (Wildman–Crippen LogP) is 3.25. The number of fused-ring (bicyclic) bond motifs is 2. The van der Waals surface area contributed by atoms with Crippen molar-refractivity contribution in [3.05, 3.63) is 41.5 Å². The Morgan fingerprint density at radius 3 is 2.56 bits per heavy atom. The van der Waals surface area contributed by atoms with Crippen LogP contribution in [0.2, 0.25) is 0 Å². The van der Waals surface area contributed by atoms with Gasteiger partial charge in [-0.15, -0.1) is 0 Å². The standard InChI is InChI=1S/C24H31NO7/c1-15-8-6-10-18(26)22-19(31-24(2,3)32-22)11-7-9-16-12-17(29-5)13-20(30-14-28-4)21(16)23(27)25-15/h6-7,9-10,12-13,15,19,22H,8,11,14H2,1-5H3,(H,25,27)/b9-7+,10-6-/t15?,19-,22?/m1/s1. The van der Waals surface area contributed by atoms with Crippen LogP contribution in [0.25, 0.3) is 6.08 Å². The van der Waals surface area contributed by atoms with E-state index in [9.17, 15) is 9.59 Å². The Morgan fingerprint density at radius 2 is 1.84 bits per heavy atom. The fourth-order valence-electron chi connectivity index (χ4n) is 3.76. The average molecular weight is 446 g/mol. The predicted molar refractivity (Wildman–Crippen MR) is 119 cm³/mol. The summed E-state index contributed by atoms with van der Waals surface area (Å²) in [7, 11) is 3.06. The van der Waals surface area contributed by atoms with Gasteiger partial charge in [-0.05, 0) is 51.3 Å². The molecule has 0 spiro atoms. The van der Waals surface area contributed by atoms with E-state index in [-0.39, 0.29) is 24.5 Å². The first-order valence-corrected chi connectivity index (χ1v) is 10.6. The fraction of sp³-hybridized carbons (Fsp3) is 0.500. The Kier molecular flexibility index (Phi) is 7.71. The molecule has 174 valence electrons. The van der Waals surface area contributed by atoms with Crippen molar-refractivity contribution in [3.8, 4) is 11.5 Å². The number of nitrogens with one attached hydrogen (secondary N) is 1. The summed E-state index contributed by atoms with van der Waals surface area (Å²) in [6, 6.07) is 3.21. The van der Waals surface area contributed by atoms with Crippen molar-refractivity contribution in [2.75, 3.05) is 21.0 Å². The van der Waals surface area contributed by atoms with Crippen LogP contribution < -0.4 is 14.8 Å². The van der Waals surface area contributed by atoms with E-state index in [4.69, 9.17) is 23.7 Å². The third-order valence-corrected chi connectivity index (χ3v) is 5.18. The SMILES string of the molecule is COCOc1cc(OC)cc2c1C(=O)NC(C)C/C=C\C(=O)C1OC(C)(C)O[C@@H]1C/C=C/2. The summed E-state index contributed by atoms with van der Waals surface area (Å²) in [6.07, 6.45) is 6.70. The van der Waals surface area contributed by atoms with E-state index in [1.807, 2.05) is 13.0 Å². The molecule has 2 aliphatic heterocycles. The number of benzene rings is 1. The molecule has 1 N–H and O–H groups in total. The number of amides is 1. The largest absolute Gasteiger partial charge is 0.497 e. The van der Waals surface area contributed by atoms with E-state index in [1.54, 1.807) is 45.2 Å². The van der Waals surface area contributed by atoms with Gasteiger partial charge < -0.3 is 29.0 Å². The highest BCUT2D eigenvalue weighted by molar-refractivity contribution is 6.01. The van der Waals surface area contributed by atoms with Gasteiger partial charge in [0.2, 0.25) is 0 Å². The molecule has 3 atom stereocenters. The summed E-state index contributed by atoms with van der Waals surface area (Å²) in [5.74, 6) is -0.399. The molecule has 0 bridgehead atoms. The van der Waals surface area contributed by atoms with Crippen molar-refractivity contribution in [3.63, 3.8) is 0 Å². The molecule has 2 unspecified atom stereocenters. The van der Waals surface area contributed by atoms with E-state index in [1.165, 1.54) is 13.2 Å². The second kappa shape index (κ2) is 10.3. The van der Waals surface area contributed by atoms with Crippen LogP contribution in [0.5, 0.6) is 11.5 Å². The summed E-state index contributed by atoms with van der Waals surface area (Å²) in [4.78, 5) is 25.9. The monoisotopic (exact) mass is 445 g/mol. The first-order valence-electron chi connectivity index (χ1n) is 10.6. The van der Waals surface area contributed by atoms with Crippen LogP contribution in [0.15, 0.2) is 30.4 Å². The zero-order valence-electron chi connectivity index (χ0n) is 19.2. The van der Waals surface area contributed by atoms with Gasteiger partial charge in [0.25, 0.3) is 5.91 Å². The molecule has 32 heavy (non-hydrogen) atoms. The maximum Gasteiger partial charge on any atom is 0.255 e. The molecule has 2 aliphatic rings. The number of hydrogen-bond donors (Lipinski definition) is 1. The Hall–Kier alpha value is -2.68. The van der Waals surface area contributed by atoms with Crippen molar-refractivity contribution >= 4 is 17.8 Å². The van der Waals surface area contributed by atoms with Gasteiger partial charge in [-0.25, -0.2) is 0 Å². The average Bonchev–Trinajstić information content (AvgIpc) is 3.05. The maximum atomic E-state index is 13.2. The van der Waals surface area contributed by atoms with Gasteiger partial charge in [-0.1, -0.05) is 18.2 Å². The van der Waals surface area contributed by atoms with Crippen LogP contribution in [-0.4, -0.2) is 56.7 Å². The van der Waals surface area contributed by atoms with Crippen LogP contribution in [0, 0.1) is 0 Å². The minimum absolute atomic E-state index is 0.0129. The molecule has 8 nitrogen and oxygen atoms in total. The molecule has 1 aromatic carbocycles. The molecule has 1 saturated heterocycles. The lowest BCUT2D eigenvalue weighted by molar-refractivity contribution is -0.152. The molecule has 0 aliphatic carbocycles. The van der Waals surface area contributed by atoms with Crippen LogP contribution in [-0.2, 0) is 19.0 Å². The van der Waals surface area contributed by atoms with Crippen LogP contribution in [0.3, 0.4) is 0 Å². The Labute approximate surface area is 188 Å². The molecular weight excluding hydrogens is 414 g/mol. The Morgan fingerprint density at radius 1 is 1.09 bits per heavy atom. The number of rotatable bonds is 4. The van der Waals surface area contributed by atoms with Gasteiger partial charge in [0, 0.05) is 19.2 Å². The van der Waals surface area contributed by atoms with Gasteiger partial charge in [0.1, 0.15) is 17.6 Å². The van der Waals surface area contributed by atoms with E-state index in [0.717, 1.165) is 0 Å². The summed E-state index contributed by atoms with van der Waals surface area (Å²) in [6.45, 7) is 5.44. The zero-order valence-corrected chi connectivity index (χ0v) is 19.2. The van der Waals surface area contributed by atoms with E-state index in [0.29, 0.717) is 35.5 Å². The topological polar surface area (TPSA) is 92.3 Å². The second-order valence-corrected chi connectivity index (χ2v) is 8.29. The number of carbonyl (C=O) groups excluding carboxylic acids is 2. The summed E-state index contributed by atoms with van der Waals surface area (Å²) in [5, 5.41) is 2.97. The lowest BCUT2D eigenvalue weighted by atomic mass is 10.0. The minimum Gasteiger partial charge on any atom is -0.497 e. The van der Waals surface area contributed by atoms with Gasteiger partial charge in [0.05, 0.1) is 18.8 Å². The van der Waals surface area contributed by atoms with Crippen LogP contribution >= 0.6 is 0 Å². The lowest BCUT2D eigenvalue weighted by Crippen LogP contribution is -2.33. The smallest absolute Gasteiger partial charge is 0.255 e. The molecule has 0 saturated carbocycles. The van der Waals surface area contributed by atoms with Crippen molar-refractivity contribution in [1.82, 2.24) is 5.32 Å². The van der Waals surface area contributed by atoms with Gasteiger partial charge in [-0.3, -0.25) is 9.59 Å². The van der Waals surface area contributed by atoms with Crippen LogP contribution in [0.1, 0.15) is 49.5 Å². The van der Waals surface area contributed by atoms with Crippen molar-refractivity contribution in [2.24, 2.45) is 0 Å². The summed E-state index contributed by atoms with van der Waals surface area (Å²) < 4.78 is 27.9. The van der Waals surface area contributed by atoms with E-state index >= 15 is 0 Å². The third-order valence-electron chi connectivity index (χ3n) is 5.18. The molecule has 0 aromatic heterocycles. The number of methoxy groups -OCH3 is 2. The Bertz CT molecular complexity index is 906. The molecule has 8 heteroatoms. The van der Waals surface area contributed by atoms with Gasteiger partial charge in [0.15, 0.2) is 18.4 Å². The number of ketones is 1. The Balaban J connectivity index is 2.03. The molecule has 2 heterocycles.